The van der Waals surface area contributed by atoms with E-state index in [1.54, 1.807) is 0 Å². The van der Waals surface area contributed by atoms with Gasteiger partial charge in [-0.1, -0.05) is 29.8 Å². The Hall–Kier alpha value is -3.30. The third-order valence-corrected chi connectivity index (χ3v) is 5.06. The highest BCUT2D eigenvalue weighted by atomic mass is 19.3. The van der Waals surface area contributed by atoms with Crippen LogP contribution in [0.1, 0.15) is 23.1 Å². The number of amides is 1. The SMILES string of the molecule is Cc1ccc(COC(=O)N2CC[C@H](CNc3ncnc(N)c3C=N)C(F)(F)C2)cc1. The summed E-state index contributed by atoms with van der Waals surface area (Å²) in [5, 5.41) is 10.2. The van der Waals surface area contributed by atoms with E-state index in [0.29, 0.717) is 0 Å². The minimum Gasteiger partial charge on any atom is -0.445 e. The van der Waals surface area contributed by atoms with E-state index in [4.69, 9.17) is 15.9 Å². The topological polar surface area (TPSA) is 117 Å². The number of anilines is 2. The third kappa shape index (κ3) is 5.00. The molecule has 160 valence electrons. The Morgan fingerprint density at radius 1 is 1.40 bits per heavy atom. The van der Waals surface area contributed by atoms with Gasteiger partial charge in [0.2, 0.25) is 0 Å². The van der Waals surface area contributed by atoms with Crippen molar-refractivity contribution >= 4 is 23.9 Å². The van der Waals surface area contributed by atoms with Crippen LogP contribution in [0, 0.1) is 18.3 Å². The molecule has 0 bridgehead atoms. The second-order valence-corrected chi connectivity index (χ2v) is 7.25. The zero-order valence-electron chi connectivity index (χ0n) is 16.6. The zero-order chi connectivity index (χ0) is 21.7. The Labute approximate surface area is 173 Å². The molecule has 0 spiro atoms. The number of likely N-dealkylation sites (tertiary alicyclic amines) is 1. The average molecular weight is 418 g/mol. The number of carbonyl (C=O) groups excluding carboxylic acids is 1. The number of alkyl halides is 2. The van der Waals surface area contributed by atoms with Gasteiger partial charge in [-0.2, -0.15) is 0 Å². The molecule has 1 aliphatic heterocycles. The maximum Gasteiger partial charge on any atom is 0.410 e. The van der Waals surface area contributed by atoms with Crippen molar-refractivity contribution in [2.24, 2.45) is 5.92 Å². The molecule has 1 amide bonds. The van der Waals surface area contributed by atoms with E-state index in [9.17, 15) is 13.6 Å². The quantitative estimate of drug-likeness (QED) is 0.621. The maximum absolute atomic E-state index is 14.7. The summed E-state index contributed by atoms with van der Waals surface area (Å²) >= 11 is 0. The molecule has 0 saturated carbocycles. The standard InChI is InChI=1S/C20H24F2N6O2/c1-13-2-4-14(5-3-13)10-30-19(29)28-7-6-15(20(21,22)11-28)9-25-18-16(8-23)17(24)26-12-27-18/h2-5,8,12,15,23H,6-7,9-11H2,1H3,(H3,24,25,26,27)/t15-/m1/s1. The minimum absolute atomic E-state index is 0.0354. The molecular formula is C20H24F2N6O2. The van der Waals surface area contributed by atoms with E-state index in [-0.39, 0.29) is 43.3 Å². The summed E-state index contributed by atoms with van der Waals surface area (Å²) in [4.78, 5) is 21.0. The van der Waals surface area contributed by atoms with Crippen molar-refractivity contribution < 1.29 is 18.3 Å². The molecule has 1 aromatic carbocycles. The van der Waals surface area contributed by atoms with Gasteiger partial charge in [-0.3, -0.25) is 0 Å². The van der Waals surface area contributed by atoms with Crippen molar-refractivity contribution in [2.45, 2.75) is 25.9 Å². The van der Waals surface area contributed by atoms with Crippen LogP contribution >= 0.6 is 0 Å². The molecule has 1 saturated heterocycles. The van der Waals surface area contributed by atoms with Crippen LogP contribution in [0.15, 0.2) is 30.6 Å². The lowest BCUT2D eigenvalue weighted by atomic mass is 9.93. The fourth-order valence-corrected chi connectivity index (χ4v) is 3.23. The van der Waals surface area contributed by atoms with Gasteiger partial charge in [0.25, 0.3) is 5.92 Å². The molecule has 2 aromatic rings. The lowest BCUT2D eigenvalue weighted by Crippen LogP contribution is -2.52. The summed E-state index contributed by atoms with van der Waals surface area (Å²) < 4.78 is 34.5. The number of nitrogens with zero attached hydrogens (tertiary/aromatic N) is 3. The van der Waals surface area contributed by atoms with Gasteiger partial charge >= 0.3 is 6.09 Å². The molecule has 0 aliphatic carbocycles. The van der Waals surface area contributed by atoms with Crippen LogP contribution in [0.4, 0.5) is 25.2 Å². The minimum atomic E-state index is -3.10. The van der Waals surface area contributed by atoms with Crippen molar-refractivity contribution in [2.75, 3.05) is 30.7 Å². The molecule has 1 fully saturated rings. The van der Waals surface area contributed by atoms with Crippen molar-refractivity contribution in [1.82, 2.24) is 14.9 Å². The largest absolute Gasteiger partial charge is 0.445 e. The molecule has 0 unspecified atom stereocenters. The van der Waals surface area contributed by atoms with Crippen LogP contribution < -0.4 is 11.1 Å². The van der Waals surface area contributed by atoms with Crippen LogP contribution in [0.25, 0.3) is 0 Å². The maximum atomic E-state index is 14.7. The van der Waals surface area contributed by atoms with E-state index in [2.05, 4.69) is 15.3 Å². The second-order valence-electron chi connectivity index (χ2n) is 7.25. The lowest BCUT2D eigenvalue weighted by molar-refractivity contribution is -0.101. The molecule has 8 nitrogen and oxygen atoms in total. The molecule has 1 aliphatic rings. The van der Waals surface area contributed by atoms with Gasteiger partial charge < -0.3 is 26.1 Å². The number of carbonyl (C=O) groups is 1. The van der Waals surface area contributed by atoms with Gasteiger partial charge in [-0.25, -0.2) is 23.5 Å². The van der Waals surface area contributed by atoms with E-state index < -0.39 is 24.5 Å². The highest BCUT2D eigenvalue weighted by Crippen LogP contribution is 2.33. The summed E-state index contributed by atoms with van der Waals surface area (Å²) in [6, 6.07) is 7.45. The summed E-state index contributed by atoms with van der Waals surface area (Å²) in [5.74, 6) is -3.78. The number of nitrogen functional groups attached to an aromatic ring is 1. The Morgan fingerprint density at radius 3 is 2.80 bits per heavy atom. The van der Waals surface area contributed by atoms with E-state index in [1.807, 2.05) is 31.2 Å². The number of aryl methyl sites for hydroxylation is 1. The summed E-state index contributed by atoms with van der Waals surface area (Å²) in [7, 11) is 0. The number of halogens is 2. The monoisotopic (exact) mass is 418 g/mol. The van der Waals surface area contributed by atoms with Gasteiger partial charge in [0.1, 0.15) is 24.6 Å². The molecule has 2 heterocycles. The van der Waals surface area contributed by atoms with Crippen molar-refractivity contribution in [3.05, 3.63) is 47.3 Å². The Kier molecular flexibility index (Phi) is 6.43. The van der Waals surface area contributed by atoms with Crippen LogP contribution in [0.5, 0.6) is 0 Å². The van der Waals surface area contributed by atoms with Crippen LogP contribution in [0.2, 0.25) is 0 Å². The fraction of sp³-hybridized carbons (Fsp3) is 0.400. The highest BCUT2D eigenvalue weighted by Gasteiger charge is 2.46. The van der Waals surface area contributed by atoms with E-state index in [0.717, 1.165) is 22.2 Å². The highest BCUT2D eigenvalue weighted by molar-refractivity contribution is 5.89. The molecule has 0 radical (unpaired) electrons. The lowest BCUT2D eigenvalue weighted by Gasteiger charge is -2.37. The predicted molar refractivity (Wildman–Crippen MR) is 109 cm³/mol. The van der Waals surface area contributed by atoms with Crippen molar-refractivity contribution in [1.29, 1.82) is 5.41 Å². The molecule has 4 N–H and O–H groups in total. The van der Waals surface area contributed by atoms with E-state index >= 15 is 0 Å². The van der Waals surface area contributed by atoms with Gasteiger partial charge in [0.05, 0.1) is 12.1 Å². The first-order chi connectivity index (χ1) is 14.3. The summed E-state index contributed by atoms with van der Waals surface area (Å²) in [6.07, 6.45) is 1.52. The number of nitrogens with two attached hydrogens (primary N) is 1. The Bertz CT molecular complexity index is 907. The van der Waals surface area contributed by atoms with Gasteiger partial charge in [0.15, 0.2) is 0 Å². The second kappa shape index (κ2) is 9.02. The average Bonchev–Trinajstić information content (AvgIpc) is 2.71. The number of nitrogens with one attached hydrogen (secondary N) is 2. The first-order valence-electron chi connectivity index (χ1n) is 9.50. The predicted octanol–water partition coefficient (Wildman–Crippen LogP) is 3.07. The number of hydrogen-bond acceptors (Lipinski definition) is 7. The molecule has 10 heteroatoms. The van der Waals surface area contributed by atoms with Crippen molar-refractivity contribution in [3.8, 4) is 0 Å². The number of hydrogen-bond donors (Lipinski definition) is 3. The number of piperidine rings is 1. The molecule has 1 aromatic heterocycles. The first kappa shape index (κ1) is 21.4. The number of aromatic nitrogens is 2. The normalized spacial score (nSPS) is 18.0. The summed E-state index contributed by atoms with van der Waals surface area (Å²) in [6.45, 7) is 1.36. The molecular weight excluding hydrogens is 394 g/mol. The molecule has 1 atom stereocenters. The van der Waals surface area contributed by atoms with Gasteiger partial charge in [-0.05, 0) is 18.9 Å². The Balaban J connectivity index is 1.54. The van der Waals surface area contributed by atoms with E-state index in [1.165, 1.54) is 6.33 Å². The first-order valence-corrected chi connectivity index (χ1v) is 9.50. The Morgan fingerprint density at radius 2 is 2.13 bits per heavy atom. The number of ether oxygens (including phenoxy) is 1. The molecule has 30 heavy (non-hydrogen) atoms. The summed E-state index contributed by atoms with van der Waals surface area (Å²) in [5.41, 5.74) is 7.80. The van der Waals surface area contributed by atoms with Crippen molar-refractivity contribution in [3.63, 3.8) is 0 Å². The third-order valence-electron chi connectivity index (χ3n) is 5.06. The van der Waals surface area contributed by atoms with Crippen LogP contribution in [0.3, 0.4) is 0 Å². The van der Waals surface area contributed by atoms with Gasteiger partial charge in [-0.15, -0.1) is 0 Å². The fourth-order valence-electron chi connectivity index (χ4n) is 3.23. The smallest absolute Gasteiger partial charge is 0.410 e. The molecule has 3 rings (SSSR count). The number of benzene rings is 1. The van der Waals surface area contributed by atoms with Crippen LogP contribution in [-0.4, -0.2) is 52.7 Å². The zero-order valence-corrected chi connectivity index (χ0v) is 16.6. The van der Waals surface area contributed by atoms with Gasteiger partial charge in [0, 0.05) is 25.2 Å². The van der Waals surface area contributed by atoms with Crippen LogP contribution in [-0.2, 0) is 11.3 Å². The number of rotatable bonds is 6.